The van der Waals surface area contributed by atoms with E-state index in [1.54, 1.807) is 36.4 Å². The monoisotopic (exact) mass is 278 g/mol. The van der Waals surface area contributed by atoms with Gasteiger partial charge in [0.15, 0.2) is 0 Å². The van der Waals surface area contributed by atoms with Gasteiger partial charge in [-0.05, 0) is 29.8 Å². The summed E-state index contributed by atoms with van der Waals surface area (Å²) in [7, 11) is 0. The molecule has 0 aliphatic rings. The average molecular weight is 279 g/mol. The van der Waals surface area contributed by atoms with E-state index in [1.165, 1.54) is 6.07 Å². The Morgan fingerprint density at radius 1 is 1.26 bits per heavy atom. The Bertz CT molecular complexity index is 616. The second-order valence-corrected chi connectivity index (χ2v) is 4.48. The number of rotatable bonds is 3. The largest absolute Gasteiger partial charge is 0.397 e. The third-order valence-corrected chi connectivity index (χ3v) is 2.83. The first-order chi connectivity index (χ1) is 9.06. The van der Waals surface area contributed by atoms with Gasteiger partial charge in [-0.15, -0.1) is 0 Å². The topological polar surface area (TPSA) is 55.1 Å². The second-order valence-electron chi connectivity index (χ2n) is 4.05. The third-order valence-electron chi connectivity index (χ3n) is 2.60. The van der Waals surface area contributed by atoms with Crippen LogP contribution in [-0.4, -0.2) is 5.91 Å². The van der Waals surface area contributed by atoms with Crippen molar-refractivity contribution < 1.29 is 9.18 Å². The molecule has 0 aromatic heterocycles. The molecule has 2 aromatic rings. The first-order valence-electron chi connectivity index (χ1n) is 5.64. The van der Waals surface area contributed by atoms with Crippen molar-refractivity contribution in [2.75, 3.05) is 11.1 Å². The zero-order valence-electron chi connectivity index (χ0n) is 9.99. The smallest absolute Gasteiger partial charge is 0.228 e. The Kier molecular flexibility index (Phi) is 4.02. The van der Waals surface area contributed by atoms with Crippen LogP contribution >= 0.6 is 11.6 Å². The predicted octanol–water partition coefficient (Wildman–Crippen LogP) is 3.24. The van der Waals surface area contributed by atoms with Crippen LogP contribution in [0.3, 0.4) is 0 Å². The van der Waals surface area contributed by atoms with Gasteiger partial charge < -0.3 is 11.1 Å². The van der Waals surface area contributed by atoms with Crippen LogP contribution in [0.5, 0.6) is 0 Å². The summed E-state index contributed by atoms with van der Waals surface area (Å²) in [4.78, 5) is 11.8. The number of hydrogen-bond donors (Lipinski definition) is 2. The second kappa shape index (κ2) is 5.71. The Morgan fingerprint density at radius 2 is 2.00 bits per heavy atom. The minimum Gasteiger partial charge on any atom is -0.397 e. The average Bonchev–Trinajstić information content (AvgIpc) is 2.37. The molecule has 0 saturated heterocycles. The Balaban J connectivity index is 2.10. The fourth-order valence-electron chi connectivity index (χ4n) is 1.65. The standard InChI is InChI=1S/C14H12ClFN2O/c15-10-5-6-12(17)13(8-10)18-14(19)7-9-3-1-2-4-11(9)16/h1-6,8H,7,17H2,(H,18,19). The van der Waals surface area contributed by atoms with Crippen LogP contribution in [0.15, 0.2) is 42.5 Å². The van der Waals surface area contributed by atoms with Crippen LogP contribution in [0.2, 0.25) is 5.02 Å². The molecule has 98 valence electrons. The maximum atomic E-state index is 13.4. The van der Waals surface area contributed by atoms with Crippen molar-refractivity contribution in [3.63, 3.8) is 0 Å². The number of hydrogen-bond acceptors (Lipinski definition) is 2. The summed E-state index contributed by atoms with van der Waals surface area (Å²) in [6, 6.07) is 10.9. The van der Waals surface area contributed by atoms with Crippen LogP contribution in [-0.2, 0) is 11.2 Å². The molecule has 1 amide bonds. The van der Waals surface area contributed by atoms with Crippen LogP contribution in [0.1, 0.15) is 5.56 Å². The van der Waals surface area contributed by atoms with Gasteiger partial charge in [0.1, 0.15) is 5.82 Å². The van der Waals surface area contributed by atoms with E-state index in [9.17, 15) is 9.18 Å². The fraction of sp³-hybridized carbons (Fsp3) is 0.0714. The molecule has 0 aliphatic carbocycles. The molecule has 0 fully saturated rings. The summed E-state index contributed by atoms with van der Waals surface area (Å²) in [6.45, 7) is 0. The Labute approximate surface area is 115 Å². The van der Waals surface area contributed by atoms with Crippen LogP contribution in [0.25, 0.3) is 0 Å². The van der Waals surface area contributed by atoms with E-state index in [0.29, 0.717) is 22.0 Å². The van der Waals surface area contributed by atoms with Gasteiger partial charge in [0.05, 0.1) is 17.8 Å². The number of nitrogens with two attached hydrogens (primary N) is 1. The molecule has 3 nitrogen and oxygen atoms in total. The molecule has 0 atom stereocenters. The molecular formula is C14H12ClFN2O. The van der Waals surface area contributed by atoms with Crippen molar-refractivity contribution in [3.8, 4) is 0 Å². The van der Waals surface area contributed by atoms with Gasteiger partial charge in [0.25, 0.3) is 0 Å². The zero-order chi connectivity index (χ0) is 13.8. The lowest BCUT2D eigenvalue weighted by molar-refractivity contribution is -0.115. The number of nitrogen functional groups attached to an aromatic ring is 1. The van der Waals surface area contributed by atoms with Crippen molar-refractivity contribution >= 4 is 28.9 Å². The van der Waals surface area contributed by atoms with Gasteiger partial charge in [-0.3, -0.25) is 4.79 Å². The lowest BCUT2D eigenvalue weighted by atomic mass is 10.1. The molecule has 2 aromatic carbocycles. The van der Waals surface area contributed by atoms with E-state index in [0.717, 1.165) is 0 Å². The Morgan fingerprint density at radius 3 is 2.74 bits per heavy atom. The van der Waals surface area contributed by atoms with Gasteiger partial charge in [-0.25, -0.2) is 4.39 Å². The summed E-state index contributed by atoms with van der Waals surface area (Å²) in [5.41, 5.74) is 6.88. The summed E-state index contributed by atoms with van der Waals surface area (Å²) in [5, 5.41) is 3.08. The molecule has 0 spiro atoms. The number of carbonyl (C=O) groups is 1. The van der Waals surface area contributed by atoms with E-state index >= 15 is 0 Å². The molecule has 0 radical (unpaired) electrons. The van der Waals surface area contributed by atoms with Crippen molar-refractivity contribution in [3.05, 3.63) is 58.9 Å². The number of carbonyl (C=O) groups excluding carboxylic acids is 1. The highest BCUT2D eigenvalue weighted by atomic mass is 35.5. The highest BCUT2D eigenvalue weighted by Crippen LogP contribution is 2.23. The number of nitrogens with one attached hydrogen (secondary N) is 1. The van der Waals surface area contributed by atoms with E-state index in [4.69, 9.17) is 17.3 Å². The lowest BCUT2D eigenvalue weighted by Gasteiger charge is -2.09. The maximum Gasteiger partial charge on any atom is 0.228 e. The van der Waals surface area contributed by atoms with Crippen LogP contribution in [0.4, 0.5) is 15.8 Å². The van der Waals surface area contributed by atoms with Crippen molar-refractivity contribution in [2.24, 2.45) is 0 Å². The SMILES string of the molecule is Nc1ccc(Cl)cc1NC(=O)Cc1ccccc1F. The van der Waals surface area contributed by atoms with Gasteiger partial charge in [-0.2, -0.15) is 0 Å². The molecule has 0 bridgehead atoms. The first-order valence-corrected chi connectivity index (χ1v) is 6.02. The molecule has 0 heterocycles. The number of amides is 1. The summed E-state index contributed by atoms with van der Waals surface area (Å²) < 4.78 is 13.4. The number of halogens is 2. The highest BCUT2D eigenvalue weighted by Gasteiger charge is 2.09. The van der Waals surface area contributed by atoms with E-state index < -0.39 is 5.82 Å². The summed E-state index contributed by atoms with van der Waals surface area (Å²) in [6.07, 6.45) is -0.0569. The molecule has 0 aliphatic heterocycles. The van der Waals surface area contributed by atoms with Gasteiger partial charge in [0, 0.05) is 5.02 Å². The van der Waals surface area contributed by atoms with E-state index in [-0.39, 0.29) is 12.3 Å². The van der Waals surface area contributed by atoms with Crippen molar-refractivity contribution in [1.29, 1.82) is 0 Å². The minimum atomic E-state index is -0.406. The molecule has 0 unspecified atom stereocenters. The van der Waals surface area contributed by atoms with Gasteiger partial charge in [0.2, 0.25) is 5.91 Å². The summed E-state index contributed by atoms with van der Waals surface area (Å²) in [5.74, 6) is -0.754. The van der Waals surface area contributed by atoms with Crippen LogP contribution in [0, 0.1) is 5.82 Å². The van der Waals surface area contributed by atoms with Crippen molar-refractivity contribution in [1.82, 2.24) is 0 Å². The quantitative estimate of drug-likeness (QED) is 0.847. The van der Waals surface area contributed by atoms with E-state index in [2.05, 4.69) is 5.32 Å². The van der Waals surface area contributed by atoms with Crippen LogP contribution < -0.4 is 11.1 Å². The minimum absolute atomic E-state index is 0.0569. The molecule has 2 rings (SSSR count). The molecule has 19 heavy (non-hydrogen) atoms. The number of anilines is 2. The Hall–Kier alpha value is -2.07. The molecular weight excluding hydrogens is 267 g/mol. The normalized spacial score (nSPS) is 10.2. The van der Waals surface area contributed by atoms with Gasteiger partial charge in [-0.1, -0.05) is 29.8 Å². The lowest BCUT2D eigenvalue weighted by Crippen LogP contribution is -2.16. The van der Waals surface area contributed by atoms with Crippen molar-refractivity contribution in [2.45, 2.75) is 6.42 Å². The first kappa shape index (κ1) is 13.4. The third kappa shape index (κ3) is 3.45. The zero-order valence-corrected chi connectivity index (χ0v) is 10.7. The van der Waals surface area contributed by atoms with E-state index in [1.807, 2.05) is 0 Å². The predicted molar refractivity (Wildman–Crippen MR) is 74.6 cm³/mol. The molecule has 5 heteroatoms. The van der Waals surface area contributed by atoms with Gasteiger partial charge >= 0.3 is 0 Å². The maximum absolute atomic E-state index is 13.4. The molecule has 3 N–H and O–H groups in total. The number of benzene rings is 2. The molecule has 0 saturated carbocycles. The summed E-state index contributed by atoms with van der Waals surface area (Å²) >= 11 is 5.82. The fourth-order valence-corrected chi connectivity index (χ4v) is 1.82. The highest BCUT2D eigenvalue weighted by molar-refractivity contribution is 6.31.